The summed E-state index contributed by atoms with van der Waals surface area (Å²) < 4.78 is 0. The minimum atomic E-state index is -2.27. The van der Waals surface area contributed by atoms with E-state index in [-0.39, 0.29) is 17.9 Å². The van der Waals surface area contributed by atoms with Crippen LogP contribution in [0.3, 0.4) is 0 Å². The third kappa shape index (κ3) is 9.31. The molecule has 0 radical (unpaired) electrons. The number of aliphatic carboxylic acids is 2. The lowest BCUT2D eigenvalue weighted by Gasteiger charge is -2.23. The number of benzene rings is 1. The second-order valence-corrected chi connectivity index (χ2v) is 6.76. The smallest absolute Gasteiger partial charge is 0.335 e. The number of aromatic hydroxyl groups is 1. The minimum absolute atomic E-state index is 0.0484. The fourth-order valence-corrected chi connectivity index (χ4v) is 1.73. The van der Waals surface area contributed by atoms with Gasteiger partial charge in [0.15, 0.2) is 12.2 Å². The van der Waals surface area contributed by atoms with Gasteiger partial charge in [0, 0.05) is 17.6 Å². The van der Waals surface area contributed by atoms with Crippen molar-refractivity contribution >= 4 is 11.9 Å². The number of aliphatic hydroxyl groups excluding tert-OH is 4. The van der Waals surface area contributed by atoms with Crippen molar-refractivity contribution < 1.29 is 45.3 Å². The first-order chi connectivity index (χ1) is 12.3. The Morgan fingerprint density at radius 3 is 1.89 bits per heavy atom. The van der Waals surface area contributed by atoms with Gasteiger partial charge in [0.05, 0.1) is 12.7 Å². The minimum Gasteiger partial charge on any atom is -0.508 e. The highest BCUT2D eigenvalue weighted by atomic mass is 16.4. The fourth-order valence-electron chi connectivity index (χ4n) is 1.73. The number of nitrogens with one attached hydrogen (secondary N) is 1. The predicted molar refractivity (Wildman–Crippen MR) is 94.0 cm³/mol. The van der Waals surface area contributed by atoms with Crippen molar-refractivity contribution in [2.75, 3.05) is 6.54 Å². The first-order valence-electron chi connectivity index (χ1n) is 7.97. The molecule has 1 rings (SSSR count). The van der Waals surface area contributed by atoms with E-state index in [0.717, 1.165) is 0 Å². The molecular weight excluding hydrogens is 362 g/mol. The molecule has 0 bridgehead atoms. The Morgan fingerprint density at radius 2 is 1.52 bits per heavy atom. The molecule has 0 amide bonds. The highest BCUT2D eigenvalue weighted by Crippen LogP contribution is 2.22. The van der Waals surface area contributed by atoms with Crippen LogP contribution >= 0.6 is 0 Å². The second kappa shape index (κ2) is 10.8. The number of carboxylic acid groups (broad SMARTS) is 2. The van der Waals surface area contributed by atoms with Gasteiger partial charge in [-0.2, -0.15) is 0 Å². The number of phenols is 1. The summed E-state index contributed by atoms with van der Waals surface area (Å²) in [5, 5.41) is 64.1. The SMILES string of the molecule is CC(C)(C)NC[C@H](O)c1ccc(O)c(CO)c1.O=C(O)[C@@H](O)[C@H](O)C(=O)O. The quantitative estimate of drug-likeness (QED) is 0.293. The number of carbonyl (C=O) groups is 2. The highest BCUT2D eigenvalue weighted by molar-refractivity contribution is 5.83. The molecule has 0 spiro atoms. The summed E-state index contributed by atoms with van der Waals surface area (Å²) in [5.74, 6) is -3.49. The van der Waals surface area contributed by atoms with Crippen molar-refractivity contribution in [3.05, 3.63) is 29.3 Å². The van der Waals surface area contributed by atoms with Crippen LogP contribution in [-0.4, -0.2) is 72.0 Å². The number of rotatable bonds is 7. The standard InChI is InChI=1S/C13H21NO3.C4H6O6/c1-13(2,3)14-7-12(17)9-4-5-11(16)10(6-9)8-15;5-1(3(7)8)2(6)4(9)10/h4-6,12,14-17H,7-8H2,1-3H3;1-2,5-6H,(H,7,8)(H,9,10)/t12-;1-,2-/m00/s1. The van der Waals surface area contributed by atoms with Crippen LogP contribution in [0.15, 0.2) is 18.2 Å². The van der Waals surface area contributed by atoms with Crippen molar-refractivity contribution in [3.63, 3.8) is 0 Å². The van der Waals surface area contributed by atoms with Crippen molar-refractivity contribution in [2.45, 2.75) is 51.2 Å². The zero-order valence-corrected chi connectivity index (χ0v) is 15.3. The van der Waals surface area contributed by atoms with Crippen LogP contribution in [-0.2, 0) is 16.2 Å². The number of carboxylic acids is 2. The summed E-state index contributed by atoms with van der Waals surface area (Å²) in [6.07, 6.45) is -5.19. The summed E-state index contributed by atoms with van der Waals surface area (Å²) in [4.78, 5) is 19.5. The molecule has 10 nitrogen and oxygen atoms in total. The second-order valence-electron chi connectivity index (χ2n) is 6.76. The fraction of sp³-hybridized carbons (Fsp3) is 0.529. The third-order valence-corrected chi connectivity index (χ3v) is 3.29. The van der Waals surface area contributed by atoms with E-state index >= 15 is 0 Å². The van der Waals surface area contributed by atoms with Crippen LogP contribution < -0.4 is 5.32 Å². The molecule has 0 aromatic heterocycles. The number of aliphatic hydroxyl groups is 4. The van der Waals surface area contributed by atoms with Crippen molar-refractivity contribution in [1.29, 1.82) is 0 Å². The van der Waals surface area contributed by atoms with Gasteiger partial charge in [0.1, 0.15) is 5.75 Å². The summed E-state index contributed by atoms with van der Waals surface area (Å²) in [5.41, 5.74) is 1.05. The number of β-amino-alcohol motifs (C(OH)–C–C–N with tert-alkyl or cyclic N) is 1. The van der Waals surface area contributed by atoms with E-state index in [1.807, 2.05) is 20.8 Å². The normalized spacial score (nSPS) is 14.5. The van der Waals surface area contributed by atoms with E-state index in [1.165, 1.54) is 6.07 Å². The van der Waals surface area contributed by atoms with Crippen molar-refractivity contribution in [1.82, 2.24) is 5.32 Å². The predicted octanol–water partition coefficient (Wildman–Crippen LogP) is -0.817. The average molecular weight is 389 g/mol. The Hall–Kier alpha value is -2.24. The molecule has 0 saturated carbocycles. The molecule has 0 aliphatic rings. The van der Waals surface area contributed by atoms with Crippen molar-refractivity contribution in [2.24, 2.45) is 0 Å². The molecule has 0 unspecified atom stereocenters. The Labute approximate surface area is 156 Å². The molecule has 8 N–H and O–H groups in total. The van der Waals surface area contributed by atoms with E-state index < -0.39 is 30.3 Å². The van der Waals surface area contributed by atoms with Gasteiger partial charge in [-0.05, 0) is 38.5 Å². The molecule has 27 heavy (non-hydrogen) atoms. The van der Waals surface area contributed by atoms with Crippen LogP contribution in [0.25, 0.3) is 0 Å². The van der Waals surface area contributed by atoms with E-state index in [2.05, 4.69) is 5.32 Å². The Balaban J connectivity index is 0.000000580. The molecule has 154 valence electrons. The summed E-state index contributed by atoms with van der Waals surface area (Å²) in [6, 6.07) is 4.76. The number of hydrogen-bond donors (Lipinski definition) is 8. The maximum atomic E-state index is 9.97. The van der Waals surface area contributed by atoms with Gasteiger partial charge >= 0.3 is 11.9 Å². The molecule has 0 fully saturated rings. The van der Waals surface area contributed by atoms with Crippen LogP contribution in [0.1, 0.15) is 38.0 Å². The van der Waals surface area contributed by atoms with E-state index in [9.17, 15) is 19.8 Å². The van der Waals surface area contributed by atoms with Gasteiger partial charge in [-0.15, -0.1) is 0 Å². The lowest BCUT2D eigenvalue weighted by molar-refractivity contribution is -0.165. The molecule has 3 atom stereocenters. The third-order valence-electron chi connectivity index (χ3n) is 3.29. The Bertz CT molecular complexity index is 609. The van der Waals surface area contributed by atoms with Crippen LogP contribution in [0.2, 0.25) is 0 Å². The largest absolute Gasteiger partial charge is 0.508 e. The van der Waals surface area contributed by atoms with Gasteiger partial charge in [0.25, 0.3) is 0 Å². The summed E-state index contributed by atoms with van der Waals surface area (Å²) in [7, 11) is 0. The molecule has 10 heteroatoms. The topological polar surface area (TPSA) is 188 Å². The van der Waals surface area contributed by atoms with E-state index in [4.69, 9.17) is 25.5 Å². The van der Waals surface area contributed by atoms with Gasteiger partial charge in [0.2, 0.25) is 0 Å². The Kier molecular flexibility index (Phi) is 9.90. The molecule has 0 aliphatic heterocycles. The molecule has 0 saturated heterocycles. The maximum absolute atomic E-state index is 9.97. The zero-order valence-electron chi connectivity index (χ0n) is 15.3. The Morgan fingerprint density at radius 1 is 1.04 bits per heavy atom. The molecule has 1 aromatic carbocycles. The highest BCUT2D eigenvalue weighted by Gasteiger charge is 2.29. The average Bonchev–Trinajstić information content (AvgIpc) is 2.58. The zero-order chi connectivity index (χ0) is 21.4. The molecule has 1 aromatic rings. The van der Waals surface area contributed by atoms with Crippen LogP contribution in [0, 0.1) is 0 Å². The van der Waals surface area contributed by atoms with E-state index in [1.54, 1.807) is 12.1 Å². The van der Waals surface area contributed by atoms with Gasteiger partial charge in [-0.25, -0.2) is 9.59 Å². The monoisotopic (exact) mass is 389 g/mol. The molecule has 0 aliphatic carbocycles. The first-order valence-corrected chi connectivity index (χ1v) is 7.97. The van der Waals surface area contributed by atoms with Crippen LogP contribution in [0.4, 0.5) is 0 Å². The summed E-state index contributed by atoms with van der Waals surface area (Å²) >= 11 is 0. The van der Waals surface area contributed by atoms with Crippen LogP contribution in [0.5, 0.6) is 5.75 Å². The van der Waals surface area contributed by atoms with Gasteiger partial charge < -0.3 is 41.1 Å². The molecular formula is C17H27NO9. The lowest BCUT2D eigenvalue weighted by atomic mass is 10.0. The first kappa shape index (κ1) is 24.8. The van der Waals surface area contributed by atoms with Crippen molar-refractivity contribution in [3.8, 4) is 5.75 Å². The van der Waals surface area contributed by atoms with Gasteiger partial charge in [-0.1, -0.05) is 6.07 Å². The maximum Gasteiger partial charge on any atom is 0.335 e. The molecule has 0 heterocycles. The van der Waals surface area contributed by atoms with Gasteiger partial charge in [-0.3, -0.25) is 0 Å². The summed E-state index contributed by atoms with van der Waals surface area (Å²) in [6.45, 7) is 6.26. The lowest BCUT2D eigenvalue weighted by Crippen LogP contribution is -2.39. The number of hydrogen-bond acceptors (Lipinski definition) is 8. The van der Waals surface area contributed by atoms with E-state index in [0.29, 0.717) is 17.7 Å².